The molecule has 3 aromatic rings. The van der Waals surface area contributed by atoms with Crippen LogP contribution in [0.15, 0.2) is 54.6 Å². The molecule has 0 spiro atoms. The third-order valence-corrected chi connectivity index (χ3v) is 6.23. The summed E-state index contributed by atoms with van der Waals surface area (Å²) in [5, 5.41) is 7.72. The Kier molecular flexibility index (Phi) is 5.13. The summed E-state index contributed by atoms with van der Waals surface area (Å²) >= 11 is 0. The van der Waals surface area contributed by atoms with Gasteiger partial charge in [-0.25, -0.2) is 0 Å². The van der Waals surface area contributed by atoms with Crippen LogP contribution in [0.25, 0.3) is 10.9 Å². The van der Waals surface area contributed by atoms with Gasteiger partial charge in [-0.1, -0.05) is 30.3 Å². The van der Waals surface area contributed by atoms with Crippen molar-refractivity contribution in [3.8, 4) is 0 Å². The Morgan fingerprint density at radius 3 is 2.43 bits per heavy atom. The normalized spacial score (nSPS) is 17.8. The molecule has 154 valence electrons. The maximum Gasteiger partial charge on any atom is 0.256 e. The van der Waals surface area contributed by atoms with Crippen LogP contribution < -0.4 is 10.6 Å². The molecule has 1 aromatic heterocycles. The lowest BCUT2D eigenvalue weighted by Crippen LogP contribution is -2.36. The molecular formula is C25H28N4O. The largest absolute Gasteiger partial charge is 0.381 e. The Hall–Kier alpha value is -2.92. The average Bonchev–Trinajstić information content (AvgIpc) is 3.61. The number of benzene rings is 2. The molecule has 1 amide bonds. The maximum absolute atomic E-state index is 13.3. The summed E-state index contributed by atoms with van der Waals surface area (Å²) in [5.74, 6) is 0.424. The van der Waals surface area contributed by atoms with Crippen molar-refractivity contribution in [2.75, 3.05) is 30.8 Å². The van der Waals surface area contributed by atoms with E-state index in [1.54, 1.807) is 0 Å². The van der Waals surface area contributed by atoms with Crippen LogP contribution in [0, 0.1) is 0 Å². The summed E-state index contributed by atoms with van der Waals surface area (Å²) in [7, 11) is 2.17. The number of anilines is 2. The number of para-hydroxylation sites is 3. The van der Waals surface area contributed by atoms with E-state index in [2.05, 4.69) is 22.6 Å². The first-order chi connectivity index (χ1) is 14.7. The van der Waals surface area contributed by atoms with Crippen molar-refractivity contribution >= 4 is 28.2 Å². The Labute approximate surface area is 177 Å². The number of aromatic nitrogens is 1. The number of nitrogens with zero attached hydrogens (tertiary/aromatic N) is 2. The van der Waals surface area contributed by atoms with Crippen molar-refractivity contribution in [3.63, 3.8) is 0 Å². The van der Waals surface area contributed by atoms with Crippen LogP contribution in [0.5, 0.6) is 0 Å². The number of carbonyl (C=O) groups is 1. The predicted molar refractivity (Wildman–Crippen MR) is 122 cm³/mol. The minimum Gasteiger partial charge on any atom is -0.381 e. The van der Waals surface area contributed by atoms with E-state index in [0.29, 0.717) is 17.5 Å². The molecule has 0 atom stereocenters. The quantitative estimate of drug-likeness (QED) is 0.641. The monoisotopic (exact) mass is 400 g/mol. The van der Waals surface area contributed by atoms with Crippen LogP contribution in [0.1, 0.15) is 47.7 Å². The van der Waals surface area contributed by atoms with Gasteiger partial charge in [0, 0.05) is 23.0 Å². The summed E-state index contributed by atoms with van der Waals surface area (Å²) in [4.78, 5) is 20.5. The van der Waals surface area contributed by atoms with Crippen molar-refractivity contribution in [1.29, 1.82) is 0 Å². The number of piperidine rings is 1. The van der Waals surface area contributed by atoms with Gasteiger partial charge in [-0.2, -0.15) is 0 Å². The van der Waals surface area contributed by atoms with E-state index in [-0.39, 0.29) is 5.91 Å². The van der Waals surface area contributed by atoms with E-state index in [1.165, 1.54) is 0 Å². The van der Waals surface area contributed by atoms with Crippen molar-refractivity contribution in [2.24, 2.45) is 0 Å². The van der Waals surface area contributed by atoms with Gasteiger partial charge in [0.15, 0.2) is 0 Å². The maximum atomic E-state index is 13.3. The molecule has 1 aliphatic carbocycles. The molecule has 5 nitrogen and oxygen atoms in total. The van der Waals surface area contributed by atoms with E-state index in [9.17, 15) is 4.79 Å². The minimum atomic E-state index is -0.0758. The van der Waals surface area contributed by atoms with Gasteiger partial charge in [-0.3, -0.25) is 9.78 Å². The lowest BCUT2D eigenvalue weighted by molar-refractivity contribution is 0.102. The molecule has 2 heterocycles. The molecule has 1 aliphatic heterocycles. The molecule has 0 radical (unpaired) electrons. The van der Waals surface area contributed by atoms with E-state index in [1.807, 2.05) is 54.6 Å². The molecule has 1 saturated heterocycles. The summed E-state index contributed by atoms with van der Waals surface area (Å²) in [6.07, 6.45) is 4.54. The van der Waals surface area contributed by atoms with Gasteiger partial charge in [0.1, 0.15) is 0 Å². The Balaban J connectivity index is 1.41. The summed E-state index contributed by atoms with van der Waals surface area (Å²) < 4.78 is 0. The molecule has 5 heteroatoms. The molecular weight excluding hydrogens is 372 g/mol. The van der Waals surface area contributed by atoms with E-state index in [4.69, 9.17) is 4.98 Å². The first-order valence-corrected chi connectivity index (χ1v) is 10.9. The molecule has 0 bridgehead atoms. The number of hydrogen-bond acceptors (Lipinski definition) is 4. The van der Waals surface area contributed by atoms with Gasteiger partial charge >= 0.3 is 0 Å². The van der Waals surface area contributed by atoms with E-state index in [0.717, 1.165) is 66.7 Å². The first kappa shape index (κ1) is 19.1. The van der Waals surface area contributed by atoms with Crippen LogP contribution in [0.4, 0.5) is 11.4 Å². The molecule has 5 rings (SSSR count). The van der Waals surface area contributed by atoms with E-state index >= 15 is 0 Å². The SMILES string of the molecule is CN1CCC(Nc2ccccc2NC(=O)c2cc(C3CC3)nc3ccccc23)CC1. The molecule has 2 aromatic carbocycles. The number of likely N-dealkylation sites (tertiary alicyclic amines) is 1. The Morgan fingerprint density at radius 2 is 1.67 bits per heavy atom. The number of pyridine rings is 1. The molecule has 0 unspecified atom stereocenters. The fraction of sp³-hybridized carbons (Fsp3) is 0.360. The highest BCUT2D eigenvalue weighted by Crippen LogP contribution is 2.40. The third-order valence-electron chi connectivity index (χ3n) is 6.23. The van der Waals surface area contributed by atoms with Gasteiger partial charge in [-0.05, 0) is 70.1 Å². The second kappa shape index (κ2) is 8.07. The number of rotatable bonds is 5. The number of fused-ring (bicyclic) bond motifs is 1. The van der Waals surface area contributed by atoms with E-state index < -0.39 is 0 Å². The number of amides is 1. The van der Waals surface area contributed by atoms with Gasteiger partial charge in [-0.15, -0.1) is 0 Å². The third kappa shape index (κ3) is 4.03. The van der Waals surface area contributed by atoms with Crippen LogP contribution in [0.2, 0.25) is 0 Å². The number of carbonyl (C=O) groups excluding carboxylic acids is 1. The van der Waals surface area contributed by atoms with Gasteiger partial charge < -0.3 is 15.5 Å². The number of nitrogens with one attached hydrogen (secondary N) is 2. The molecule has 2 fully saturated rings. The number of hydrogen-bond donors (Lipinski definition) is 2. The van der Waals surface area contributed by atoms with Crippen molar-refractivity contribution in [1.82, 2.24) is 9.88 Å². The van der Waals surface area contributed by atoms with Crippen LogP contribution in [-0.2, 0) is 0 Å². The minimum absolute atomic E-state index is 0.0758. The highest BCUT2D eigenvalue weighted by atomic mass is 16.1. The fourth-order valence-electron chi connectivity index (χ4n) is 4.25. The smallest absolute Gasteiger partial charge is 0.256 e. The van der Waals surface area contributed by atoms with Crippen LogP contribution >= 0.6 is 0 Å². The van der Waals surface area contributed by atoms with Gasteiger partial charge in [0.05, 0.1) is 22.5 Å². The van der Waals surface area contributed by atoms with Crippen molar-refractivity contribution in [2.45, 2.75) is 37.6 Å². The van der Waals surface area contributed by atoms with Crippen LogP contribution in [0.3, 0.4) is 0 Å². The lowest BCUT2D eigenvalue weighted by atomic mass is 10.0. The standard InChI is InChI=1S/C25H28N4O/c1-29-14-12-18(13-15-29)26-22-8-4-5-9-23(22)28-25(30)20-16-24(17-10-11-17)27-21-7-3-2-6-19(20)21/h2-9,16-18,26H,10-15H2,1H3,(H,28,30). The van der Waals surface area contributed by atoms with Gasteiger partial charge in [0.25, 0.3) is 5.91 Å². The first-order valence-electron chi connectivity index (χ1n) is 10.9. The Bertz CT molecular complexity index is 1070. The zero-order valence-electron chi connectivity index (χ0n) is 17.4. The second-order valence-corrected chi connectivity index (χ2v) is 8.61. The molecule has 30 heavy (non-hydrogen) atoms. The highest BCUT2D eigenvalue weighted by Gasteiger charge is 2.27. The molecule has 2 aliphatic rings. The lowest BCUT2D eigenvalue weighted by Gasteiger charge is -2.30. The summed E-state index contributed by atoms with van der Waals surface area (Å²) in [5.41, 5.74) is 4.45. The Morgan fingerprint density at radius 1 is 0.967 bits per heavy atom. The van der Waals surface area contributed by atoms with Crippen molar-refractivity contribution in [3.05, 3.63) is 65.9 Å². The average molecular weight is 401 g/mol. The van der Waals surface area contributed by atoms with Gasteiger partial charge in [0.2, 0.25) is 0 Å². The zero-order chi connectivity index (χ0) is 20.5. The summed E-state index contributed by atoms with van der Waals surface area (Å²) in [6, 6.07) is 18.3. The molecule has 1 saturated carbocycles. The summed E-state index contributed by atoms with van der Waals surface area (Å²) in [6.45, 7) is 2.19. The topological polar surface area (TPSA) is 57.3 Å². The zero-order valence-corrected chi connectivity index (χ0v) is 17.4. The molecule has 2 N–H and O–H groups in total. The second-order valence-electron chi connectivity index (χ2n) is 8.61. The fourth-order valence-corrected chi connectivity index (χ4v) is 4.25. The van der Waals surface area contributed by atoms with Crippen LogP contribution in [-0.4, -0.2) is 42.0 Å². The predicted octanol–water partition coefficient (Wildman–Crippen LogP) is 4.87. The highest BCUT2D eigenvalue weighted by molar-refractivity contribution is 6.13. The van der Waals surface area contributed by atoms with Crippen molar-refractivity contribution < 1.29 is 4.79 Å².